The van der Waals surface area contributed by atoms with Crippen molar-refractivity contribution < 1.29 is 0 Å². The standard InChI is InChI=1S/C12H19N3O/c1-13-8-10-7-11(16)15-12(14-10)9-5-3-2-4-6-9/h7,9,13H,2-6,8H2,1H3,(H,14,15,16). The van der Waals surface area contributed by atoms with Crippen LogP contribution < -0.4 is 10.9 Å². The van der Waals surface area contributed by atoms with Gasteiger partial charge in [-0.1, -0.05) is 19.3 Å². The van der Waals surface area contributed by atoms with E-state index in [1.165, 1.54) is 19.3 Å². The third-order valence-corrected chi connectivity index (χ3v) is 3.16. The van der Waals surface area contributed by atoms with Crippen LogP contribution in [0.5, 0.6) is 0 Å². The Morgan fingerprint density at radius 2 is 2.19 bits per heavy atom. The lowest BCUT2D eigenvalue weighted by Gasteiger charge is -2.20. The molecule has 0 saturated heterocycles. The highest BCUT2D eigenvalue weighted by molar-refractivity contribution is 5.06. The molecule has 1 aliphatic carbocycles. The van der Waals surface area contributed by atoms with E-state index in [2.05, 4.69) is 15.3 Å². The third kappa shape index (κ3) is 2.70. The summed E-state index contributed by atoms with van der Waals surface area (Å²) in [5, 5.41) is 3.03. The highest BCUT2D eigenvalue weighted by atomic mass is 16.1. The number of nitrogens with one attached hydrogen (secondary N) is 2. The van der Waals surface area contributed by atoms with Crippen LogP contribution in [0.15, 0.2) is 10.9 Å². The molecule has 0 aromatic carbocycles. The summed E-state index contributed by atoms with van der Waals surface area (Å²) in [6.07, 6.45) is 6.14. The molecule has 0 radical (unpaired) electrons. The second-order valence-corrected chi connectivity index (χ2v) is 4.49. The van der Waals surface area contributed by atoms with Crippen molar-refractivity contribution in [2.24, 2.45) is 0 Å². The maximum Gasteiger partial charge on any atom is 0.251 e. The lowest BCUT2D eigenvalue weighted by atomic mass is 9.88. The molecule has 1 aromatic rings. The molecular weight excluding hydrogens is 202 g/mol. The highest BCUT2D eigenvalue weighted by Gasteiger charge is 2.18. The van der Waals surface area contributed by atoms with Gasteiger partial charge in [-0.15, -0.1) is 0 Å². The fourth-order valence-electron chi connectivity index (χ4n) is 2.37. The molecular formula is C12H19N3O. The van der Waals surface area contributed by atoms with Crippen molar-refractivity contribution in [1.82, 2.24) is 15.3 Å². The quantitative estimate of drug-likeness (QED) is 0.814. The number of hydrogen-bond donors (Lipinski definition) is 2. The Labute approximate surface area is 95.5 Å². The van der Waals surface area contributed by atoms with Gasteiger partial charge in [-0.3, -0.25) is 4.79 Å². The van der Waals surface area contributed by atoms with Gasteiger partial charge in [0.15, 0.2) is 0 Å². The van der Waals surface area contributed by atoms with E-state index in [1.54, 1.807) is 6.07 Å². The van der Waals surface area contributed by atoms with Crippen LogP contribution in [0.4, 0.5) is 0 Å². The molecule has 2 N–H and O–H groups in total. The molecule has 0 atom stereocenters. The van der Waals surface area contributed by atoms with E-state index < -0.39 is 0 Å². The first kappa shape index (κ1) is 11.3. The smallest absolute Gasteiger partial charge is 0.251 e. The van der Waals surface area contributed by atoms with Gasteiger partial charge >= 0.3 is 0 Å². The predicted molar refractivity (Wildman–Crippen MR) is 63.4 cm³/mol. The maximum absolute atomic E-state index is 11.5. The fraction of sp³-hybridized carbons (Fsp3) is 0.667. The van der Waals surface area contributed by atoms with Crippen molar-refractivity contribution in [2.75, 3.05) is 7.05 Å². The van der Waals surface area contributed by atoms with Crippen LogP contribution in [0, 0.1) is 0 Å². The molecule has 16 heavy (non-hydrogen) atoms. The van der Waals surface area contributed by atoms with E-state index >= 15 is 0 Å². The maximum atomic E-state index is 11.5. The van der Waals surface area contributed by atoms with Crippen molar-refractivity contribution in [3.63, 3.8) is 0 Å². The van der Waals surface area contributed by atoms with Crippen molar-refractivity contribution in [1.29, 1.82) is 0 Å². The van der Waals surface area contributed by atoms with Gasteiger partial charge in [-0.05, 0) is 19.9 Å². The molecule has 2 rings (SSSR count). The van der Waals surface area contributed by atoms with Crippen LogP contribution in [0.25, 0.3) is 0 Å². The second kappa shape index (κ2) is 5.25. The molecule has 4 nitrogen and oxygen atoms in total. The molecule has 0 amide bonds. The lowest BCUT2D eigenvalue weighted by Crippen LogP contribution is -2.19. The summed E-state index contributed by atoms with van der Waals surface area (Å²) in [4.78, 5) is 18.9. The zero-order chi connectivity index (χ0) is 11.4. The van der Waals surface area contributed by atoms with E-state index in [4.69, 9.17) is 0 Å². The summed E-state index contributed by atoms with van der Waals surface area (Å²) >= 11 is 0. The molecule has 1 heterocycles. The molecule has 88 valence electrons. The second-order valence-electron chi connectivity index (χ2n) is 4.49. The third-order valence-electron chi connectivity index (χ3n) is 3.16. The Kier molecular flexibility index (Phi) is 3.72. The number of rotatable bonds is 3. The largest absolute Gasteiger partial charge is 0.314 e. The van der Waals surface area contributed by atoms with Crippen molar-refractivity contribution in [3.8, 4) is 0 Å². The zero-order valence-corrected chi connectivity index (χ0v) is 9.75. The Hall–Kier alpha value is -1.16. The number of aromatic nitrogens is 2. The average molecular weight is 221 g/mol. The van der Waals surface area contributed by atoms with Gasteiger partial charge in [0.1, 0.15) is 5.82 Å². The Morgan fingerprint density at radius 3 is 2.88 bits per heavy atom. The predicted octanol–water partition coefficient (Wildman–Crippen LogP) is 1.54. The number of nitrogens with zero attached hydrogens (tertiary/aromatic N) is 1. The molecule has 0 aliphatic heterocycles. The van der Waals surface area contributed by atoms with Crippen LogP contribution in [-0.4, -0.2) is 17.0 Å². The lowest BCUT2D eigenvalue weighted by molar-refractivity contribution is 0.426. The summed E-state index contributed by atoms with van der Waals surface area (Å²) in [6, 6.07) is 1.57. The number of hydrogen-bond acceptors (Lipinski definition) is 3. The van der Waals surface area contributed by atoms with E-state index in [-0.39, 0.29) is 5.56 Å². The van der Waals surface area contributed by atoms with Gasteiger partial charge in [0, 0.05) is 18.5 Å². The first-order valence-corrected chi connectivity index (χ1v) is 6.04. The SMILES string of the molecule is CNCc1cc(=O)[nH]c(C2CCCCC2)n1. The summed E-state index contributed by atoms with van der Waals surface area (Å²) in [6.45, 7) is 0.656. The molecule has 0 spiro atoms. The molecule has 1 aliphatic rings. The Morgan fingerprint density at radius 1 is 1.44 bits per heavy atom. The van der Waals surface area contributed by atoms with Gasteiger partial charge in [0.2, 0.25) is 0 Å². The van der Waals surface area contributed by atoms with Gasteiger partial charge in [0.05, 0.1) is 5.69 Å². The van der Waals surface area contributed by atoms with Gasteiger partial charge < -0.3 is 10.3 Å². The van der Waals surface area contributed by atoms with Crippen LogP contribution in [0.1, 0.15) is 49.5 Å². The molecule has 0 bridgehead atoms. The van der Waals surface area contributed by atoms with Crippen LogP contribution in [-0.2, 0) is 6.54 Å². The fourth-order valence-corrected chi connectivity index (χ4v) is 2.37. The molecule has 0 unspecified atom stereocenters. The van der Waals surface area contributed by atoms with Crippen LogP contribution in [0.3, 0.4) is 0 Å². The van der Waals surface area contributed by atoms with Crippen LogP contribution >= 0.6 is 0 Å². The van der Waals surface area contributed by atoms with E-state index in [1.807, 2.05) is 7.05 Å². The topological polar surface area (TPSA) is 57.8 Å². The van der Waals surface area contributed by atoms with E-state index in [0.717, 1.165) is 24.4 Å². The number of H-pyrrole nitrogens is 1. The number of aromatic amines is 1. The van der Waals surface area contributed by atoms with Gasteiger partial charge in [-0.2, -0.15) is 0 Å². The van der Waals surface area contributed by atoms with E-state index in [0.29, 0.717) is 12.5 Å². The summed E-state index contributed by atoms with van der Waals surface area (Å²) in [7, 11) is 1.86. The molecule has 1 fully saturated rings. The van der Waals surface area contributed by atoms with Gasteiger partial charge in [0.25, 0.3) is 5.56 Å². The monoisotopic (exact) mass is 221 g/mol. The normalized spacial score (nSPS) is 17.6. The minimum atomic E-state index is -0.0270. The molecule has 1 aromatic heterocycles. The zero-order valence-electron chi connectivity index (χ0n) is 9.75. The summed E-state index contributed by atoms with van der Waals surface area (Å²) < 4.78 is 0. The summed E-state index contributed by atoms with van der Waals surface area (Å²) in [5.41, 5.74) is 0.813. The first-order chi connectivity index (χ1) is 7.79. The van der Waals surface area contributed by atoms with Crippen molar-refractivity contribution in [2.45, 2.75) is 44.6 Å². The summed E-state index contributed by atoms with van der Waals surface area (Å²) in [5.74, 6) is 1.34. The minimum absolute atomic E-state index is 0.0270. The highest BCUT2D eigenvalue weighted by Crippen LogP contribution is 2.29. The van der Waals surface area contributed by atoms with E-state index in [9.17, 15) is 4.79 Å². The molecule has 4 heteroatoms. The van der Waals surface area contributed by atoms with Crippen LogP contribution in [0.2, 0.25) is 0 Å². The first-order valence-electron chi connectivity index (χ1n) is 6.04. The minimum Gasteiger partial charge on any atom is -0.314 e. The van der Waals surface area contributed by atoms with Crippen molar-refractivity contribution >= 4 is 0 Å². The Bertz CT molecular complexity index is 393. The van der Waals surface area contributed by atoms with Crippen molar-refractivity contribution in [3.05, 3.63) is 27.9 Å². The Balaban J connectivity index is 2.21. The molecule has 1 saturated carbocycles. The average Bonchev–Trinajstić information content (AvgIpc) is 2.30. The van der Waals surface area contributed by atoms with Gasteiger partial charge in [-0.25, -0.2) is 4.98 Å².